The van der Waals surface area contributed by atoms with Crippen LogP contribution in [0.5, 0.6) is 0 Å². The fourth-order valence-electron chi connectivity index (χ4n) is 4.14. The highest BCUT2D eigenvalue weighted by Crippen LogP contribution is 2.34. The highest BCUT2D eigenvalue weighted by molar-refractivity contribution is 5.99. The molecule has 2 aliphatic heterocycles. The van der Waals surface area contributed by atoms with Crippen LogP contribution in [0.15, 0.2) is 24.3 Å². The van der Waals surface area contributed by atoms with Crippen molar-refractivity contribution in [2.75, 3.05) is 29.9 Å². The van der Waals surface area contributed by atoms with Gasteiger partial charge in [0, 0.05) is 38.0 Å². The van der Waals surface area contributed by atoms with E-state index in [0.29, 0.717) is 19.0 Å². The molecule has 4 rings (SSSR count). The van der Waals surface area contributed by atoms with Crippen LogP contribution in [0, 0.1) is 11.8 Å². The van der Waals surface area contributed by atoms with Gasteiger partial charge in [0.05, 0.1) is 17.3 Å². The highest BCUT2D eigenvalue weighted by Gasteiger charge is 2.41. The van der Waals surface area contributed by atoms with Gasteiger partial charge in [-0.25, -0.2) is 0 Å². The molecule has 2 heterocycles. The first-order valence-electron chi connectivity index (χ1n) is 9.76. The number of anilines is 2. The maximum atomic E-state index is 12.8. The Morgan fingerprint density at radius 1 is 1.04 bits per heavy atom. The largest absolute Gasteiger partial charge is 0.370 e. The van der Waals surface area contributed by atoms with Gasteiger partial charge in [0.2, 0.25) is 17.7 Å². The monoisotopic (exact) mass is 370 g/mol. The van der Waals surface area contributed by atoms with Gasteiger partial charge < -0.3 is 20.9 Å². The minimum atomic E-state index is -0.285. The number of hydrogen-bond donors (Lipinski definition) is 2. The molecule has 3 N–H and O–H groups in total. The molecule has 3 aliphatic rings. The van der Waals surface area contributed by atoms with Crippen LogP contribution >= 0.6 is 0 Å². The van der Waals surface area contributed by atoms with E-state index < -0.39 is 0 Å². The van der Waals surface area contributed by atoms with Crippen molar-refractivity contribution in [3.05, 3.63) is 24.3 Å². The number of carbonyl (C=O) groups excluding carboxylic acids is 3. The molecule has 0 radical (unpaired) electrons. The van der Waals surface area contributed by atoms with E-state index in [4.69, 9.17) is 5.73 Å². The van der Waals surface area contributed by atoms with E-state index in [1.165, 1.54) is 0 Å². The molecule has 0 bridgehead atoms. The van der Waals surface area contributed by atoms with Crippen molar-refractivity contribution in [1.82, 2.24) is 4.90 Å². The predicted octanol–water partition coefficient (Wildman–Crippen LogP) is 1.34. The van der Waals surface area contributed by atoms with Crippen LogP contribution in [0.3, 0.4) is 0 Å². The van der Waals surface area contributed by atoms with Gasteiger partial charge in [-0.3, -0.25) is 14.4 Å². The smallest absolute Gasteiger partial charge is 0.229 e. The number of amides is 3. The third-order valence-corrected chi connectivity index (χ3v) is 5.92. The summed E-state index contributed by atoms with van der Waals surface area (Å²) in [5, 5.41) is 3.03. The van der Waals surface area contributed by atoms with Gasteiger partial charge in [0.25, 0.3) is 0 Å². The van der Waals surface area contributed by atoms with Gasteiger partial charge in [0.1, 0.15) is 0 Å². The van der Waals surface area contributed by atoms with E-state index in [-0.39, 0.29) is 29.6 Å². The number of primary amides is 1. The molecule has 144 valence electrons. The summed E-state index contributed by atoms with van der Waals surface area (Å²) >= 11 is 0. The molecular weight excluding hydrogens is 344 g/mol. The van der Waals surface area contributed by atoms with Crippen LogP contribution in [0.1, 0.15) is 32.1 Å². The third kappa shape index (κ3) is 3.77. The van der Waals surface area contributed by atoms with Crippen LogP contribution in [-0.2, 0) is 14.4 Å². The first-order chi connectivity index (χ1) is 13.0. The van der Waals surface area contributed by atoms with Crippen molar-refractivity contribution in [1.29, 1.82) is 0 Å². The van der Waals surface area contributed by atoms with E-state index in [1.807, 2.05) is 29.2 Å². The number of carbonyl (C=O) groups is 3. The lowest BCUT2D eigenvalue weighted by atomic mass is 9.96. The third-order valence-electron chi connectivity index (χ3n) is 5.92. The Morgan fingerprint density at radius 2 is 1.74 bits per heavy atom. The molecule has 3 fully saturated rings. The van der Waals surface area contributed by atoms with Crippen LogP contribution in [-0.4, -0.2) is 48.3 Å². The number of nitrogens with zero attached hydrogens (tertiary/aromatic N) is 2. The van der Waals surface area contributed by atoms with E-state index in [1.54, 1.807) is 0 Å². The zero-order chi connectivity index (χ0) is 19.0. The number of para-hydroxylation sites is 2. The SMILES string of the molecule is NC(=O)C1CCN(c2ccccc2NC(=O)C2CC(=O)N(C3CC3)C2)CC1. The Bertz CT molecular complexity index is 753. The van der Waals surface area contributed by atoms with Gasteiger partial charge in [-0.05, 0) is 37.8 Å². The Kier molecular flexibility index (Phi) is 4.76. The Labute approximate surface area is 158 Å². The summed E-state index contributed by atoms with van der Waals surface area (Å²) in [7, 11) is 0. The summed E-state index contributed by atoms with van der Waals surface area (Å²) in [6, 6.07) is 8.07. The number of benzene rings is 1. The molecule has 7 heteroatoms. The molecule has 1 saturated carbocycles. The molecule has 1 unspecified atom stereocenters. The maximum Gasteiger partial charge on any atom is 0.229 e. The van der Waals surface area contributed by atoms with Crippen LogP contribution in [0.4, 0.5) is 11.4 Å². The predicted molar refractivity (Wildman–Crippen MR) is 102 cm³/mol. The number of nitrogens with two attached hydrogens (primary N) is 1. The fraction of sp³-hybridized carbons (Fsp3) is 0.550. The first-order valence-corrected chi connectivity index (χ1v) is 9.76. The Balaban J connectivity index is 1.42. The molecule has 0 spiro atoms. The standard InChI is InChI=1S/C20H26N4O3/c21-19(26)13-7-9-23(10-8-13)17-4-2-1-3-16(17)22-20(27)14-11-18(25)24(12-14)15-5-6-15/h1-4,13-15H,5-12H2,(H2,21,26)(H,22,27). The minimum Gasteiger partial charge on any atom is -0.370 e. The lowest BCUT2D eigenvalue weighted by Gasteiger charge is -2.33. The number of piperidine rings is 1. The van der Waals surface area contributed by atoms with E-state index in [2.05, 4.69) is 10.2 Å². The van der Waals surface area contributed by atoms with Crippen molar-refractivity contribution in [3.63, 3.8) is 0 Å². The van der Waals surface area contributed by atoms with Gasteiger partial charge in [-0.2, -0.15) is 0 Å². The van der Waals surface area contributed by atoms with Crippen LogP contribution in [0.2, 0.25) is 0 Å². The summed E-state index contributed by atoms with van der Waals surface area (Å²) in [5.41, 5.74) is 7.14. The number of nitrogens with one attached hydrogen (secondary N) is 1. The Hall–Kier alpha value is -2.57. The van der Waals surface area contributed by atoms with Gasteiger partial charge in [-0.1, -0.05) is 12.1 Å². The zero-order valence-electron chi connectivity index (χ0n) is 15.4. The molecule has 2 saturated heterocycles. The van der Waals surface area contributed by atoms with E-state index in [0.717, 1.165) is 50.1 Å². The average molecular weight is 370 g/mol. The summed E-state index contributed by atoms with van der Waals surface area (Å²) in [4.78, 5) is 40.3. The number of hydrogen-bond acceptors (Lipinski definition) is 4. The molecule has 1 aliphatic carbocycles. The van der Waals surface area contributed by atoms with Crippen molar-refractivity contribution in [3.8, 4) is 0 Å². The van der Waals surface area contributed by atoms with Crippen molar-refractivity contribution in [2.24, 2.45) is 17.6 Å². The molecule has 7 nitrogen and oxygen atoms in total. The summed E-state index contributed by atoms with van der Waals surface area (Å²) in [6.45, 7) is 2.00. The quantitative estimate of drug-likeness (QED) is 0.817. The second-order valence-corrected chi connectivity index (χ2v) is 7.85. The zero-order valence-corrected chi connectivity index (χ0v) is 15.4. The number of rotatable bonds is 5. The molecule has 1 aromatic rings. The molecule has 1 atom stereocenters. The average Bonchev–Trinajstić information content (AvgIpc) is 3.44. The second kappa shape index (κ2) is 7.21. The first kappa shape index (κ1) is 17.8. The minimum absolute atomic E-state index is 0.0686. The van der Waals surface area contributed by atoms with Crippen molar-refractivity contribution >= 4 is 29.1 Å². The Morgan fingerprint density at radius 3 is 2.41 bits per heavy atom. The molecule has 1 aromatic carbocycles. The highest BCUT2D eigenvalue weighted by atomic mass is 16.2. The topological polar surface area (TPSA) is 95.7 Å². The second-order valence-electron chi connectivity index (χ2n) is 7.85. The van der Waals surface area contributed by atoms with Crippen molar-refractivity contribution in [2.45, 2.75) is 38.1 Å². The molecule has 3 amide bonds. The molecule has 0 aromatic heterocycles. The molecular formula is C20H26N4O3. The summed E-state index contributed by atoms with van der Waals surface area (Å²) in [5.74, 6) is -0.583. The lowest BCUT2D eigenvalue weighted by Crippen LogP contribution is -2.39. The summed E-state index contributed by atoms with van der Waals surface area (Å²) < 4.78 is 0. The van der Waals surface area contributed by atoms with Crippen LogP contribution < -0.4 is 16.0 Å². The number of likely N-dealkylation sites (tertiary alicyclic amines) is 1. The van der Waals surface area contributed by atoms with Crippen molar-refractivity contribution < 1.29 is 14.4 Å². The van der Waals surface area contributed by atoms with Gasteiger partial charge in [-0.15, -0.1) is 0 Å². The lowest BCUT2D eigenvalue weighted by molar-refractivity contribution is -0.128. The van der Waals surface area contributed by atoms with Crippen LogP contribution in [0.25, 0.3) is 0 Å². The van der Waals surface area contributed by atoms with E-state index >= 15 is 0 Å². The summed E-state index contributed by atoms with van der Waals surface area (Å²) in [6.07, 6.45) is 3.87. The van der Waals surface area contributed by atoms with Gasteiger partial charge >= 0.3 is 0 Å². The molecule has 27 heavy (non-hydrogen) atoms. The fourth-order valence-corrected chi connectivity index (χ4v) is 4.14. The maximum absolute atomic E-state index is 12.8. The van der Waals surface area contributed by atoms with E-state index in [9.17, 15) is 14.4 Å². The normalized spacial score (nSPS) is 23.6. The van der Waals surface area contributed by atoms with Gasteiger partial charge in [0.15, 0.2) is 0 Å².